The van der Waals surface area contributed by atoms with E-state index < -0.39 is 0 Å². The molecule has 5 nitrogen and oxygen atoms in total. The van der Waals surface area contributed by atoms with E-state index >= 15 is 0 Å². The average Bonchev–Trinajstić information content (AvgIpc) is 2.99. The smallest absolute Gasteiger partial charge is 0.203 e. The van der Waals surface area contributed by atoms with Crippen molar-refractivity contribution in [2.45, 2.75) is 19.9 Å². The number of hydrogen-bond acceptors (Lipinski definition) is 4. The molecule has 0 aliphatic rings. The molecule has 0 saturated heterocycles. The monoisotopic (exact) mass is 354 g/mol. The molecule has 2 aromatic carbocycles. The van der Waals surface area contributed by atoms with Crippen LogP contribution in [-0.4, -0.2) is 32.9 Å². The lowest BCUT2D eigenvalue weighted by Gasteiger charge is -2.14. The van der Waals surface area contributed by atoms with Gasteiger partial charge in [-0.15, -0.1) is 0 Å². The minimum atomic E-state index is 0.619. The van der Waals surface area contributed by atoms with Gasteiger partial charge >= 0.3 is 0 Å². The quantitative estimate of drug-likeness (QED) is 0.604. The molecule has 0 spiro atoms. The third-order valence-corrected chi connectivity index (χ3v) is 4.63. The summed E-state index contributed by atoms with van der Waals surface area (Å²) in [5.74, 6) is 1.97. The van der Waals surface area contributed by atoms with Gasteiger partial charge in [0.05, 0.1) is 21.3 Å². The molecule has 0 unspecified atom stereocenters. The number of para-hydroxylation sites is 1. The summed E-state index contributed by atoms with van der Waals surface area (Å²) in [5, 5.41) is 4.81. The van der Waals surface area contributed by atoms with Gasteiger partial charge in [0, 0.05) is 23.1 Å². The SMILES string of the molecule is COc1cc(CNCCc2c(C)[nH]c3ccccc23)cc(OC)c1OC. The van der Waals surface area contributed by atoms with E-state index in [0.717, 1.165) is 25.1 Å². The van der Waals surface area contributed by atoms with Crippen molar-refractivity contribution in [2.75, 3.05) is 27.9 Å². The van der Waals surface area contributed by atoms with Crippen molar-refractivity contribution in [3.05, 3.63) is 53.2 Å². The Labute approximate surface area is 154 Å². The van der Waals surface area contributed by atoms with Gasteiger partial charge < -0.3 is 24.5 Å². The summed E-state index contributed by atoms with van der Waals surface area (Å²) < 4.78 is 16.2. The first-order valence-electron chi connectivity index (χ1n) is 8.73. The molecule has 0 fully saturated rings. The van der Waals surface area contributed by atoms with Crippen LogP contribution in [0.4, 0.5) is 0 Å². The molecular formula is C21H26N2O3. The van der Waals surface area contributed by atoms with Crippen molar-refractivity contribution in [2.24, 2.45) is 0 Å². The first-order valence-corrected chi connectivity index (χ1v) is 8.73. The number of aromatic amines is 1. The maximum absolute atomic E-state index is 5.41. The predicted octanol–water partition coefficient (Wildman–Crippen LogP) is 3.83. The van der Waals surface area contributed by atoms with Crippen LogP contribution < -0.4 is 19.5 Å². The largest absolute Gasteiger partial charge is 0.493 e. The number of H-pyrrole nitrogens is 1. The number of benzene rings is 2. The summed E-state index contributed by atoms with van der Waals surface area (Å²) in [6.07, 6.45) is 0.972. The van der Waals surface area contributed by atoms with Gasteiger partial charge in [-0.05, 0) is 49.2 Å². The summed E-state index contributed by atoms with van der Waals surface area (Å²) in [7, 11) is 4.88. The zero-order valence-corrected chi connectivity index (χ0v) is 15.8. The minimum absolute atomic E-state index is 0.619. The van der Waals surface area contributed by atoms with Crippen LogP contribution in [0.2, 0.25) is 0 Å². The molecule has 1 aromatic heterocycles. The van der Waals surface area contributed by atoms with Gasteiger partial charge in [0.1, 0.15) is 0 Å². The summed E-state index contributed by atoms with van der Waals surface area (Å²) >= 11 is 0. The Bertz CT molecular complexity index is 861. The van der Waals surface area contributed by atoms with Crippen LogP contribution >= 0.6 is 0 Å². The topological polar surface area (TPSA) is 55.5 Å². The summed E-state index contributed by atoms with van der Waals surface area (Å²) in [4.78, 5) is 3.45. The number of nitrogens with one attached hydrogen (secondary N) is 2. The second-order valence-electron chi connectivity index (χ2n) is 6.23. The summed E-state index contributed by atoms with van der Waals surface area (Å²) in [5.41, 5.74) is 4.90. The molecule has 1 heterocycles. The molecule has 0 amide bonds. The highest BCUT2D eigenvalue weighted by atomic mass is 16.5. The lowest BCUT2D eigenvalue weighted by Crippen LogP contribution is -2.17. The molecule has 138 valence electrons. The normalized spacial score (nSPS) is 10.9. The first-order chi connectivity index (χ1) is 12.7. The third-order valence-electron chi connectivity index (χ3n) is 4.63. The van der Waals surface area contributed by atoms with Gasteiger partial charge in [0.25, 0.3) is 0 Å². The molecule has 0 saturated carbocycles. The van der Waals surface area contributed by atoms with Gasteiger partial charge in [0.15, 0.2) is 11.5 Å². The molecular weight excluding hydrogens is 328 g/mol. The summed E-state index contributed by atoms with van der Waals surface area (Å²) in [6.45, 7) is 3.76. The van der Waals surface area contributed by atoms with E-state index in [1.54, 1.807) is 21.3 Å². The van der Waals surface area contributed by atoms with Crippen molar-refractivity contribution >= 4 is 10.9 Å². The molecule has 5 heteroatoms. The number of aryl methyl sites for hydroxylation is 1. The van der Waals surface area contributed by atoms with Crippen molar-refractivity contribution in [3.8, 4) is 17.2 Å². The Balaban J connectivity index is 1.65. The van der Waals surface area contributed by atoms with E-state index in [0.29, 0.717) is 17.2 Å². The predicted molar refractivity (Wildman–Crippen MR) is 105 cm³/mol. The van der Waals surface area contributed by atoms with Crippen LogP contribution in [0.25, 0.3) is 10.9 Å². The molecule has 2 N–H and O–H groups in total. The fourth-order valence-electron chi connectivity index (χ4n) is 3.34. The molecule has 0 bridgehead atoms. The van der Waals surface area contributed by atoms with Gasteiger partial charge in [-0.2, -0.15) is 0 Å². The van der Waals surface area contributed by atoms with Crippen LogP contribution in [-0.2, 0) is 13.0 Å². The zero-order valence-electron chi connectivity index (χ0n) is 15.8. The Hall–Kier alpha value is -2.66. The van der Waals surface area contributed by atoms with Crippen LogP contribution in [0.5, 0.6) is 17.2 Å². The fraction of sp³-hybridized carbons (Fsp3) is 0.333. The van der Waals surface area contributed by atoms with E-state index in [1.807, 2.05) is 12.1 Å². The highest BCUT2D eigenvalue weighted by Crippen LogP contribution is 2.38. The zero-order chi connectivity index (χ0) is 18.5. The third kappa shape index (κ3) is 3.63. The van der Waals surface area contributed by atoms with E-state index in [1.165, 1.54) is 22.2 Å². The van der Waals surface area contributed by atoms with Crippen molar-refractivity contribution in [1.82, 2.24) is 10.3 Å². The number of fused-ring (bicyclic) bond motifs is 1. The van der Waals surface area contributed by atoms with Crippen LogP contribution in [0.15, 0.2) is 36.4 Å². The lowest BCUT2D eigenvalue weighted by atomic mass is 10.1. The van der Waals surface area contributed by atoms with Gasteiger partial charge in [-0.25, -0.2) is 0 Å². The molecule has 0 aliphatic heterocycles. The Kier molecular flexibility index (Phi) is 5.68. The van der Waals surface area contributed by atoms with Gasteiger partial charge in [-0.3, -0.25) is 0 Å². The number of hydrogen-bond donors (Lipinski definition) is 2. The number of methoxy groups -OCH3 is 3. The molecule has 3 aromatic rings. The van der Waals surface area contributed by atoms with Crippen LogP contribution in [0, 0.1) is 6.92 Å². The Morgan fingerprint density at radius 3 is 2.31 bits per heavy atom. The van der Waals surface area contributed by atoms with E-state index in [2.05, 4.69) is 41.5 Å². The number of ether oxygens (including phenoxy) is 3. The van der Waals surface area contributed by atoms with Crippen molar-refractivity contribution in [1.29, 1.82) is 0 Å². The molecule has 0 atom stereocenters. The van der Waals surface area contributed by atoms with Crippen LogP contribution in [0.1, 0.15) is 16.8 Å². The molecule has 26 heavy (non-hydrogen) atoms. The second kappa shape index (κ2) is 8.15. The van der Waals surface area contributed by atoms with Crippen LogP contribution in [0.3, 0.4) is 0 Å². The van der Waals surface area contributed by atoms with E-state index in [-0.39, 0.29) is 0 Å². The first kappa shape index (κ1) is 18.1. The molecule has 0 aliphatic carbocycles. The van der Waals surface area contributed by atoms with E-state index in [9.17, 15) is 0 Å². The van der Waals surface area contributed by atoms with Gasteiger partial charge in [0.2, 0.25) is 5.75 Å². The van der Waals surface area contributed by atoms with Crippen molar-refractivity contribution in [3.63, 3.8) is 0 Å². The highest BCUT2D eigenvalue weighted by Gasteiger charge is 2.13. The molecule has 0 radical (unpaired) electrons. The van der Waals surface area contributed by atoms with Crippen molar-refractivity contribution < 1.29 is 14.2 Å². The Morgan fingerprint density at radius 2 is 1.65 bits per heavy atom. The molecule has 3 rings (SSSR count). The van der Waals surface area contributed by atoms with Gasteiger partial charge in [-0.1, -0.05) is 18.2 Å². The highest BCUT2D eigenvalue weighted by molar-refractivity contribution is 5.84. The second-order valence-corrected chi connectivity index (χ2v) is 6.23. The number of rotatable bonds is 8. The lowest BCUT2D eigenvalue weighted by molar-refractivity contribution is 0.323. The average molecular weight is 354 g/mol. The maximum atomic E-state index is 5.41. The Morgan fingerprint density at radius 1 is 0.962 bits per heavy atom. The van der Waals surface area contributed by atoms with E-state index in [4.69, 9.17) is 14.2 Å². The summed E-state index contributed by atoms with van der Waals surface area (Å²) in [6, 6.07) is 12.4. The maximum Gasteiger partial charge on any atom is 0.203 e. The standard InChI is InChI=1S/C21H26N2O3/c1-14-16(17-7-5-6-8-18(17)23-14)9-10-22-13-15-11-19(24-2)21(26-4)20(12-15)25-3/h5-8,11-12,22-23H,9-10,13H2,1-4H3. The number of aromatic nitrogens is 1. The fourth-order valence-corrected chi connectivity index (χ4v) is 3.34. The minimum Gasteiger partial charge on any atom is -0.493 e.